The van der Waals surface area contributed by atoms with Crippen molar-refractivity contribution in [2.75, 3.05) is 37.3 Å². The Morgan fingerprint density at radius 3 is 2.94 bits per heavy atom. The van der Waals surface area contributed by atoms with E-state index in [9.17, 15) is 9.18 Å². The molecule has 0 bridgehead atoms. The van der Waals surface area contributed by atoms with Gasteiger partial charge in [0.25, 0.3) is 0 Å². The van der Waals surface area contributed by atoms with E-state index in [1.807, 2.05) is 6.92 Å². The second-order valence-electron chi connectivity index (χ2n) is 7.97. The van der Waals surface area contributed by atoms with Gasteiger partial charge in [-0.05, 0) is 50.6 Å². The van der Waals surface area contributed by atoms with Gasteiger partial charge < -0.3 is 20.5 Å². The number of hydrogen-bond donors (Lipinski definition) is 2. The van der Waals surface area contributed by atoms with Crippen LogP contribution in [0.3, 0.4) is 0 Å². The van der Waals surface area contributed by atoms with Gasteiger partial charge in [-0.3, -0.25) is 9.69 Å². The molecule has 3 aromatic rings. The van der Waals surface area contributed by atoms with E-state index >= 15 is 0 Å². The SMILES string of the molecule is CC1CN(CCCCOc2cc3ncnc(Nc4ccc(F)c(Cl)c4)c3cc2N)CC(=O)O1. The first-order valence-corrected chi connectivity index (χ1v) is 11.1. The zero-order chi connectivity index (χ0) is 23.4. The number of benzene rings is 2. The molecule has 0 amide bonds. The molecule has 4 rings (SSSR count). The Morgan fingerprint density at radius 2 is 2.15 bits per heavy atom. The summed E-state index contributed by atoms with van der Waals surface area (Å²) in [5.41, 5.74) is 7.93. The molecule has 1 saturated heterocycles. The molecule has 10 heteroatoms. The Bertz CT molecular complexity index is 1160. The van der Waals surface area contributed by atoms with Gasteiger partial charge >= 0.3 is 5.97 Å². The summed E-state index contributed by atoms with van der Waals surface area (Å²) in [7, 11) is 0. The summed E-state index contributed by atoms with van der Waals surface area (Å²) in [6.45, 7) is 4.29. The zero-order valence-electron chi connectivity index (χ0n) is 18.2. The lowest BCUT2D eigenvalue weighted by molar-refractivity contribution is -0.157. The van der Waals surface area contributed by atoms with Crippen LogP contribution in [0.15, 0.2) is 36.7 Å². The lowest BCUT2D eigenvalue weighted by atomic mass is 10.2. The first kappa shape index (κ1) is 23.0. The Morgan fingerprint density at radius 1 is 1.30 bits per heavy atom. The maximum absolute atomic E-state index is 13.4. The van der Waals surface area contributed by atoms with Crippen LogP contribution in [0, 0.1) is 5.82 Å². The first-order valence-electron chi connectivity index (χ1n) is 10.7. The minimum absolute atomic E-state index is 0.0169. The van der Waals surface area contributed by atoms with Crippen LogP contribution in [0.4, 0.5) is 21.6 Å². The molecular formula is C23H25ClFN5O3. The normalized spacial score (nSPS) is 16.6. The number of hydrogen-bond acceptors (Lipinski definition) is 8. The lowest BCUT2D eigenvalue weighted by Gasteiger charge is -2.30. The molecule has 0 aliphatic carbocycles. The van der Waals surface area contributed by atoms with Gasteiger partial charge in [-0.2, -0.15) is 0 Å². The van der Waals surface area contributed by atoms with Crippen LogP contribution in [-0.4, -0.2) is 53.2 Å². The van der Waals surface area contributed by atoms with E-state index < -0.39 is 5.82 Å². The second-order valence-corrected chi connectivity index (χ2v) is 8.38. The molecule has 1 aromatic heterocycles. The maximum atomic E-state index is 13.4. The number of aromatic nitrogens is 2. The lowest BCUT2D eigenvalue weighted by Crippen LogP contribution is -2.44. The highest BCUT2D eigenvalue weighted by molar-refractivity contribution is 6.31. The van der Waals surface area contributed by atoms with E-state index in [4.69, 9.17) is 26.8 Å². The maximum Gasteiger partial charge on any atom is 0.320 e. The molecule has 2 heterocycles. The highest BCUT2D eigenvalue weighted by Gasteiger charge is 2.22. The van der Waals surface area contributed by atoms with Crippen molar-refractivity contribution in [2.45, 2.75) is 25.9 Å². The predicted molar refractivity (Wildman–Crippen MR) is 125 cm³/mol. The van der Waals surface area contributed by atoms with Crippen LogP contribution in [0.25, 0.3) is 10.9 Å². The van der Waals surface area contributed by atoms with E-state index in [2.05, 4.69) is 20.2 Å². The van der Waals surface area contributed by atoms with Crippen molar-refractivity contribution in [3.63, 3.8) is 0 Å². The molecule has 1 unspecified atom stereocenters. The van der Waals surface area contributed by atoms with Crippen LogP contribution in [0.5, 0.6) is 5.75 Å². The number of esters is 1. The van der Waals surface area contributed by atoms with E-state index in [0.717, 1.165) is 25.9 Å². The zero-order valence-corrected chi connectivity index (χ0v) is 18.9. The van der Waals surface area contributed by atoms with Gasteiger partial charge in [0.15, 0.2) is 0 Å². The summed E-state index contributed by atoms with van der Waals surface area (Å²) in [5.74, 6) is 0.406. The third kappa shape index (κ3) is 5.80. The van der Waals surface area contributed by atoms with Crippen molar-refractivity contribution in [2.24, 2.45) is 0 Å². The molecule has 0 spiro atoms. The predicted octanol–water partition coefficient (Wildman–Crippen LogP) is 4.15. The number of nitrogens with zero attached hydrogens (tertiary/aromatic N) is 3. The Kier molecular flexibility index (Phi) is 7.10. The van der Waals surface area contributed by atoms with Crippen LogP contribution in [0.2, 0.25) is 5.02 Å². The summed E-state index contributed by atoms with van der Waals surface area (Å²) in [6.07, 6.45) is 3.07. The number of fused-ring (bicyclic) bond motifs is 1. The van der Waals surface area contributed by atoms with Crippen molar-refractivity contribution < 1.29 is 18.7 Å². The number of carbonyl (C=O) groups is 1. The van der Waals surface area contributed by atoms with Crippen molar-refractivity contribution in [1.82, 2.24) is 14.9 Å². The largest absolute Gasteiger partial charge is 0.491 e. The number of unbranched alkanes of at least 4 members (excludes halogenated alkanes) is 1. The summed E-state index contributed by atoms with van der Waals surface area (Å²) in [4.78, 5) is 22.2. The molecule has 0 saturated carbocycles. The molecular weight excluding hydrogens is 449 g/mol. The fourth-order valence-electron chi connectivity index (χ4n) is 3.74. The van der Waals surface area contributed by atoms with Crippen LogP contribution in [-0.2, 0) is 9.53 Å². The number of halogens is 2. The fourth-order valence-corrected chi connectivity index (χ4v) is 3.92. The monoisotopic (exact) mass is 473 g/mol. The number of ether oxygens (including phenoxy) is 2. The molecule has 174 valence electrons. The number of nitrogens with one attached hydrogen (secondary N) is 1. The number of morpholine rings is 1. The first-order chi connectivity index (χ1) is 15.9. The van der Waals surface area contributed by atoms with E-state index in [1.54, 1.807) is 18.2 Å². The summed E-state index contributed by atoms with van der Waals surface area (Å²) < 4.78 is 24.5. The average Bonchev–Trinajstić information content (AvgIpc) is 2.76. The molecule has 33 heavy (non-hydrogen) atoms. The third-order valence-corrected chi connectivity index (χ3v) is 5.57. The molecule has 0 radical (unpaired) electrons. The minimum Gasteiger partial charge on any atom is -0.491 e. The van der Waals surface area contributed by atoms with Gasteiger partial charge in [-0.15, -0.1) is 0 Å². The van der Waals surface area contributed by atoms with E-state index in [1.165, 1.54) is 18.5 Å². The van der Waals surface area contributed by atoms with Crippen LogP contribution >= 0.6 is 11.6 Å². The highest BCUT2D eigenvalue weighted by Crippen LogP contribution is 2.32. The molecule has 1 atom stereocenters. The highest BCUT2D eigenvalue weighted by atomic mass is 35.5. The standard InChI is InChI=1S/C23H25ClFN5O3/c1-14-11-30(12-22(31)33-14)6-2-3-7-32-21-10-20-16(9-19(21)26)23(28-13-27-20)29-15-4-5-18(25)17(24)8-15/h4-5,8-10,13-14H,2-3,6-7,11-12,26H2,1H3,(H,27,28,29). The van der Waals surface area contributed by atoms with E-state index in [0.29, 0.717) is 47.0 Å². The summed E-state index contributed by atoms with van der Waals surface area (Å²) in [6, 6.07) is 7.87. The van der Waals surface area contributed by atoms with Gasteiger partial charge in [0.05, 0.1) is 29.4 Å². The minimum atomic E-state index is -0.492. The summed E-state index contributed by atoms with van der Waals surface area (Å²) in [5, 5.41) is 3.84. The molecule has 8 nitrogen and oxygen atoms in total. The number of nitrogens with two attached hydrogens (primary N) is 1. The van der Waals surface area contributed by atoms with Crippen molar-refractivity contribution in [3.05, 3.63) is 47.5 Å². The van der Waals surface area contributed by atoms with Gasteiger partial charge in [-0.1, -0.05) is 11.6 Å². The average molecular weight is 474 g/mol. The molecule has 1 aliphatic rings. The molecule has 2 aromatic carbocycles. The Labute approximate surface area is 195 Å². The molecule has 3 N–H and O–H groups in total. The number of nitrogen functional groups attached to an aromatic ring is 1. The van der Waals surface area contributed by atoms with Crippen LogP contribution in [0.1, 0.15) is 19.8 Å². The van der Waals surface area contributed by atoms with Crippen LogP contribution < -0.4 is 15.8 Å². The van der Waals surface area contributed by atoms with Gasteiger partial charge in [0.1, 0.15) is 29.8 Å². The van der Waals surface area contributed by atoms with Crippen molar-refractivity contribution in [3.8, 4) is 5.75 Å². The Balaban J connectivity index is 1.36. The smallest absolute Gasteiger partial charge is 0.320 e. The second kappa shape index (κ2) is 10.2. The quantitative estimate of drug-likeness (QED) is 0.286. The van der Waals surface area contributed by atoms with Gasteiger partial charge in [0, 0.05) is 23.7 Å². The third-order valence-electron chi connectivity index (χ3n) is 5.28. The van der Waals surface area contributed by atoms with E-state index in [-0.39, 0.29) is 17.1 Å². The number of cyclic esters (lactones) is 1. The van der Waals surface area contributed by atoms with Crippen molar-refractivity contribution in [1.29, 1.82) is 0 Å². The topological polar surface area (TPSA) is 103 Å². The number of carbonyl (C=O) groups excluding carboxylic acids is 1. The van der Waals surface area contributed by atoms with Crippen molar-refractivity contribution >= 4 is 45.7 Å². The number of rotatable bonds is 8. The Hall–Kier alpha value is -3.17. The molecule has 1 aliphatic heterocycles. The summed E-state index contributed by atoms with van der Waals surface area (Å²) >= 11 is 5.86. The number of anilines is 3. The fraction of sp³-hybridized carbons (Fsp3) is 0.348. The van der Waals surface area contributed by atoms with Gasteiger partial charge in [-0.25, -0.2) is 14.4 Å². The molecule has 1 fully saturated rings. The van der Waals surface area contributed by atoms with Gasteiger partial charge in [0.2, 0.25) is 0 Å².